The molecule has 3 heterocycles. The van der Waals surface area contributed by atoms with E-state index < -0.39 is 6.10 Å². The molecular weight excluding hydrogens is 290 g/mol. The summed E-state index contributed by atoms with van der Waals surface area (Å²) in [6.07, 6.45) is 2.80. The van der Waals surface area contributed by atoms with E-state index in [4.69, 9.17) is 0 Å². The van der Waals surface area contributed by atoms with Crippen molar-refractivity contribution in [3.8, 4) is 0 Å². The molecule has 2 N–H and O–H groups in total. The first-order valence-electron chi connectivity index (χ1n) is 6.99. The van der Waals surface area contributed by atoms with Crippen LogP contribution < -0.4 is 10.9 Å². The average Bonchev–Trinajstić information content (AvgIpc) is 2.94. The van der Waals surface area contributed by atoms with Crippen molar-refractivity contribution >= 4 is 28.0 Å². The molecule has 0 amide bonds. The normalized spacial score (nSPS) is 22.5. The summed E-state index contributed by atoms with van der Waals surface area (Å²) in [4.78, 5) is 28.5. The number of thiophene rings is 1. The predicted molar refractivity (Wildman–Crippen MR) is 80.5 cm³/mol. The van der Waals surface area contributed by atoms with E-state index >= 15 is 0 Å². The number of nitrogens with one attached hydrogen (secondary N) is 1. The van der Waals surface area contributed by atoms with E-state index in [0.717, 1.165) is 13.0 Å². The summed E-state index contributed by atoms with van der Waals surface area (Å²) < 4.78 is 1.34. The van der Waals surface area contributed by atoms with E-state index in [1.807, 2.05) is 5.38 Å². The van der Waals surface area contributed by atoms with Gasteiger partial charge in [-0.05, 0) is 19.4 Å². The monoisotopic (exact) mass is 307 g/mol. The minimum absolute atomic E-state index is 0.00250. The molecule has 2 aromatic heterocycles. The number of hydrogen-bond donors (Lipinski definition) is 2. The lowest BCUT2D eigenvalue weighted by atomic mass is 9.97. The van der Waals surface area contributed by atoms with Gasteiger partial charge in [-0.25, -0.2) is 4.98 Å². The Kier molecular flexibility index (Phi) is 4.14. The van der Waals surface area contributed by atoms with Crippen molar-refractivity contribution in [2.75, 3.05) is 6.54 Å². The van der Waals surface area contributed by atoms with Gasteiger partial charge in [-0.3, -0.25) is 14.2 Å². The number of carbonyl (C=O) groups is 1. The molecule has 2 aromatic rings. The summed E-state index contributed by atoms with van der Waals surface area (Å²) in [6.45, 7) is 0.819. The molecule has 6 nitrogen and oxygen atoms in total. The van der Waals surface area contributed by atoms with Gasteiger partial charge in [0.2, 0.25) is 0 Å². The van der Waals surface area contributed by atoms with Crippen LogP contribution in [0.3, 0.4) is 0 Å². The fourth-order valence-electron chi connectivity index (χ4n) is 2.65. The van der Waals surface area contributed by atoms with Gasteiger partial charge in [-0.15, -0.1) is 11.3 Å². The summed E-state index contributed by atoms with van der Waals surface area (Å²) in [7, 11) is 0. The Morgan fingerprint density at radius 1 is 1.52 bits per heavy atom. The maximum atomic E-state index is 12.2. The van der Waals surface area contributed by atoms with Crippen molar-refractivity contribution in [2.45, 2.75) is 38.0 Å². The lowest BCUT2D eigenvalue weighted by molar-refractivity contribution is -0.121. The maximum Gasteiger partial charge on any atom is 0.262 e. The van der Waals surface area contributed by atoms with E-state index in [2.05, 4.69) is 10.3 Å². The third-order valence-electron chi connectivity index (χ3n) is 3.81. The van der Waals surface area contributed by atoms with Gasteiger partial charge in [0, 0.05) is 23.2 Å². The fraction of sp³-hybridized carbons (Fsp3) is 0.500. The Morgan fingerprint density at radius 3 is 3.19 bits per heavy atom. The zero-order chi connectivity index (χ0) is 14.8. The molecule has 3 rings (SSSR count). The number of ketones is 1. The Labute approximate surface area is 125 Å². The van der Waals surface area contributed by atoms with Gasteiger partial charge in [0.05, 0.1) is 29.9 Å². The third-order valence-corrected chi connectivity index (χ3v) is 4.54. The smallest absolute Gasteiger partial charge is 0.262 e. The second-order valence-electron chi connectivity index (χ2n) is 5.36. The first kappa shape index (κ1) is 14.4. The van der Waals surface area contributed by atoms with E-state index in [0.29, 0.717) is 17.3 Å². The molecule has 112 valence electrons. The molecule has 21 heavy (non-hydrogen) atoms. The van der Waals surface area contributed by atoms with E-state index in [1.165, 1.54) is 22.2 Å². The molecule has 0 aromatic carbocycles. The summed E-state index contributed by atoms with van der Waals surface area (Å²) in [5, 5.41) is 17.1. The number of Topliss-reactive ketones (excluding diaryl/α,β-unsaturated/α-hetero) is 1. The summed E-state index contributed by atoms with van der Waals surface area (Å²) >= 11 is 1.42. The van der Waals surface area contributed by atoms with Crippen molar-refractivity contribution in [1.29, 1.82) is 0 Å². The van der Waals surface area contributed by atoms with Gasteiger partial charge < -0.3 is 10.4 Å². The molecule has 0 unspecified atom stereocenters. The van der Waals surface area contributed by atoms with Crippen LogP contribution in [0.4, 0.5) is 0 Å². The largest absolute Gasteiger partial charge is 0.391 e. The second kappa shape index (κ2) is 6.05. The Bertz CT molecular complexity index is 709. The zero-order valence-electron chi connectivity index (χ0n) is 11.5. The molecule has 1 aliphatic heterocycles. The van der Waals surface area contributed by atoms with Gasteiger partial charge in [0.1, 0.15) is 0 Å². The number of aliphatic hydroxyl groups excluding tert-OH is 1. The van der Waals surface area contributed by atoms with Crippen molar-refractivity contribution < 1.29 is 9.90 Å². The van der Waals surface area contributed by atoms with Crippen LogP contribution in [-0.4, -0.2) is 39.1 Å². The molecule has 1 saturated heterocycles. The topological polar surface area (TPSA) is 84.2 Å². The van der Waals surface area contributed by atoms with E-state index in [9.17, 15) is 14.7 Å². The number of fused-ring (bicyclic) bond motifs is 1. The Morgan fingerprint density at radius 2 is 2.38 bits per heavy atom. The van der Waals surface area contributed by atoms with Crippen LogP contribution in [0, 0.1) is 0 Å². The van der Waals surface area contributed by atoms with Crippen molar-refractivity contribution in [2.24, 2.45) is 0 Å². The number of carbonyl (C=O) groups excluding carboxylic acids is 1. The highest BCUT2D eigenvalue weighted by molar-refractivity contribution is 7.09. The SMILES string of the molecule is O=C(C[C@@H]1NCCC[C@H]1O)Cn1cnc2cscc2c1=O. The average molecular weight is 307 g/mol. The highest BCUT2D eigenvalue weighted by atomic mass is 32.1. The molecule has 0 radical (unpaired) electrons. The van der Waals surface area contributed by atoms with Gasteiger partial charge >= 0.3 is 0 Å². The summed E-state index contributed by atoms with van der Waals surface area (Å²) in [5.41, 5.74) is 0.477. The lowest BCUT2D eigenvalue weighted by Gasteiger charge is -2.28. The van der Waals surface area contributed by atoms with Crippen molar-refractivity contribution in [3.05, 3.63) is 27.4 Å². The van der Waals surface area contributed by atoms with Crippen LogP contribution in [0.15, 0.2) is 21.9 Å². The van der Waals surface area contributed by atoms with E-state index in [-0.39, 0.29) is 30.3 Å². The molecule has 0 bridgehead atoms. The summed E-state index contributed by atoms with van der Waals surface area (Å²) in [5.74, 6) is -0.0769. The van der Waals surface area contributed by atoms with E-state index in [1.54, 1.807) is 5.38 Å². The quantitative estimate of drug-likeness (QED) is 0.861. The van der Waals surface area contributed by atoms with Gasteiger partial charge in [-0.2, -0.15) is 0 Å². The minimum atomic E-state index is -0.489. The number of nitrogens with zero attached hydrogens (tertiary/aromatic N) is 2. The minimum Gasteiger partial charge on any atom is -0.391 e. The molecule has 1 aliphatic rings. The van der Waals surface area contributed by atoms with Crippen LogP contribution in [0.1, 0.15) is 19.3 Å². The Balaban J connectivity index is 1.71. The first-order valence-corrected chi connectivity index (χ1v) is 7.94. The number of aromatic nitrogens is 2. The van der Waals surface area contributed by atoms with Crippen molar-refractivity contribution in [1.82, 2.24) is 14.9 Å². The predicted octanol–water partition coefficient (Wildman–Crippen LogP) is 0.530. The first-order chi connectivity index (χ1) is 10.1. The maximum absolute atomic E-state index is 12.2. The standard InChI is InChI=1S/C14H17N3O3S/c18-9(4-11-13(19)2-1-3-15-11)5-17-8-16-12-7-21-6-10(12)14(17)20/h6-8,11,13,15,19H,1-5H2/t11-,13+/m0/s1. The second-order valence-corrected chi connectivity index (χ2v) is 6.10. The van der Waals surface area contributed by atoms with Crippen LogP contribution in [0.25, 0.3) is 10.9 Å². The van der Waals surface area contributed by atoms with Crippen molar-refractivity contribution in [3.63, 3.8) is 0 Å². The highest BCUT2D eigenvalue weighted by Crippen LogP contribution is 2.13. The molecule has 0 saturated carbocycles. The lowest BCUT2D eigenvalue weighted by Crippen LogP contribution is -2.46. The molecular formula is C14H17N3O3S. The number of piperidine rings is 1. The van der Waals surface area contributed by atoms with Gasteiger partial charge in [0.15, 0.2) is 5.78 Å². The van der Waals surface area contributed by atoms with Crippen LogP contribution in [-0.2, 0) is 11.3 Å². The molecule has 0 spiro atoms. The zero-order valence-corrected chi connectivity index (χ0v) is 12.3. The highest BCUT2D eigenvalue weighted by Gasteiger charge is 2.24. The number of aliphatic hydroxyl groups is 1. The molecule has 2 atom stereocenters. The number of rotatable bonds is 4. The van der Waals surface area contributed by atoms with Crippen LogP contribution in [0.5, 0.6) is 0 Å². The van der Waals surface area contributed by atoms with Gasteiger partial charge in [-0.1, -0.05) is 0 Å². The Hall–Kier alpha value is -1.57. The van der Waals surface area contributed by atoms with Crippen LogP contribution >= 0.6 is 11.3 Å². The molecule has 1 fully saturated rings. The summed E-state index contributed by atoms with van der Waals surface area (Å²) in [6, 6.07) is -0.209. The molecule has 0 aliphatic carbocycles. The van der Waals surface area contributed by atoms with Crippen LogP contribution in [0.2, 0.25) is 0 Å². The fourth-order valence-corrected chi connectivity index (χ4v) is 3.39. The van der Waals surface area contributed by atoms with Gasteiger partial charge in [0.25, 0.3) is 5.56 Å². The molecule has 7 heteroatoms. The third kappa shape index (κ3) is 3.04. The number of hydrogen-bond acceptors (Lipinski definition) is 6.